The molecule has 1 aromatic carbocycles. The standard InChI is InChI=1S/C23H25FN6OS/c1-12-8-29(9-13(2)25-12)19-6-5-17(20-21(19)32-15(4)27-20)23(31)28-16-7-18(24)22-26-14(3)10-30(22)11-16/h5-7,10-13,25H,8-9H2,1-4H3,(H,28,31)/t12-,13+. The summed E-state index contributed by atoms with van der Waals surface area (Å²) >= 11 is 1.59. The Labute approximate surface area is 189 Å². The van der Waals surface area contributed by atoms with Crippen molar-refractivity contribution in [2.75, 3.05) is 23.3 Å². The maximum absolute atomic E-state index is 14.4. The molecule has 1 aliphatic rings. The monoisotopic (exact) mass is 452 g/mol. The van der Waals surface area contributed by atoms with Gasteiger partial charge in [-0.05, 0) is 39.8 Å². The smallest absolute Gasteiger partial charge is 0.257 e. The molecular formula is C23H25FN6OS. The molecular weight excluding hydrogens is 427 g/mol. The van der Waals surface area contributed by atoms with E-state index in [-0.39, 0.29) is 11.6 Å². The molecule has 0 bridgehead atoms. The normalized spacial score (nSPS) is 19.1. The average Bonchev–Trinajstić information content (AvgIpc) is 3.28. The van der Waals surface area contributed by atoms with Gasteiger partial charge < -0.3 is 19.9 Å². The number of thiazole rings is 1. The van der Waals surface area contributed by atoms with Crippen LogP contribution in [0.25, 0.3) is 15.9 Å². The number of nitrogens with zero attached hydrogens (tertiary/aromatic N) is 4. The Bertz CT molecular complexity index is 1340. The minimum atomic E-state index is -0.483. The Morgan fingerprint density at radius 3 is 2.69 bits per heavy atom. The Kier molecular flexibility index (Phi) is 5.10. The van der Waals surface area contributed by atoms with E-state index in [1.54, 1.807) is 35.1 Å². The predicted octanol–water partition coefficient (Wildman–Crippen LogP) is 4.14. The molecule has 1 aliphatic heterocycles. The summed E-state index contributed by atoms with van der Waals surface area (Å²) in [7, 11) is 0. The largest absolute Gasteiger partial charge is 0.367 e. The van der Waals surface area contributed by atoms with Crippen LogP contribution in [0.4, 0.5) is 15.8 Å². The number of aromatic nitrogens is 3. The zero-order chi connectivity index (χ0) is 22.6. The Balaban J connectivity index is 1.50. The summed E-state index contributed by atoms with van der Waals surface area (Å²) in [6, 6.07) is 5.87. The topological polar surface area (TPSA) is 74.6 Å². The molecule has 4 heterocycles. The fourth-order valence-corrected chi connectivity index (χ4v) is 5.49. The van der Waals surface area contributed by atoms with Gasteiger partial charge in [0.05, 0.1) is 37.9 Å². The molecule has 7 nitrogen and oxygen atoms in total. The van der Waals surface area contributed by atoms with E-state index >= 15 is 0 Å². The van der Waals surface area contributed by atoms with Gasteiger partial charge in [0.1, 0.15) is 0 Å². The summed E-state index contributed by atoms with van der Waals surface area (Å²) in [6.45, 7) is 9.89. The van der Waals surface area contributed by atoms with E-state index in [4.69, 9.17) is 0 Å². The molecule has 4 aromatic rings. The van der Waals surface area contributed by atoms with Crippen LogP contribution in [0.2, 0.25) is 0 Å². The van der Waals surface area contributed by atoms with E-state index < -0.39 is 5.82 Å². The molecule has 2 atom stereocenters. The van der Waals surface area contributed by atoms with Gasteiger partial charge in [0.15, 0.2) is 11.5 Å². The molecule has 2 N–H and O–H groups in total. The SMILES string of the molecule is Cc1cn2cc(NC(=O)c3ccc(N4C[C@@H](C)N[C@@H](C)C4)c4sc(C)nc34)cc(F)c2n1. The molecule has 1 saturated heterocycles. The third-order valence-corrected chi connectivity index (χ3v) is 6.65. The zero-order valence-corrected chi connectivity index (χ0v) is 19.3. The van der Waals surface area contributed by atoms with E-state index in [0.29, 0.717) is 34.5 Å². The van der Waals surface area contributed by atoms with Crippen LogP contribution in [0, 0.1) is 19.7 Å². The zero-order valence-electron chi connectivity index (χ0n) is 18.4. The number of pyridine rings is 1. The highest BCUT2D eigenvalue weighted by Gasteiger charge is 2.25. The maximum atomic E-state index is 14.4. The summed E-state index contributed by atoms with van der Waals surface area (Å²) < 4.78 is 17.0. The second-order valence-corrected chi connectivity index (χ2v) is 9.76. The lowest BCUT2D eigenvalue weighted by Crippen LogP contribution is -2.54. The number of aryl methyl sites for hydroxylation is 2. The first-order chi connectivity index (χ1) is 15.3. The number of anilines is 2. The van der Waals surface area contributed by atoms with Crippen molar-refractivity contribution in [1.29, 1.82) is 0 Å². The van der Waals surface area contributed by atoms with Crippen LogP contribution in [0.5, 0.6) is 0 Å². The van der Waals surface area contributed by atoms with Crippen molar-refractivity contribution in [2.24, 2.45) is 0 Å². The number of imidazole rings is 1. The van der Waals surface area contributed by atoms with E-state index in [2.05, 4.69) is 39.3 Å². The molecule has 1 amide bonds. The number of benzene rings is 1. The van der Waals surface area contributed by atoms with Crippen LogP contribution in [0.15, 0.2) is 30.6 Å². The van der Waals surface area contributed by atoms with Crippen LogP contribution in [0.1, 0.15) is 34.9 Å². The molecule has 5 rings (SSSR count). The Morgan fingerprint density at radius 1 is 1.19 bits per heavy atom. The molecule has 0 saturated carbocycles. The number of amides is 1. The van der Waals surface area contributed by atoms with E-state index in [1.807, 2.05) is 19.1 Å². The lowest BCUT2D eigenvalue weighted by atomic mass is 10.1. The van der Waals surface area contributed by atoms with Gasteiger partial charge >= 0.3 is 0 Å². The first-order valence-corrected chi connectivity index (χ1v) is 11.5. The number of carbonyl (C=O) groups excluding carboxylic acids is 1. The third kappa shape index (κ3) is 3.71. The minimum Gasteiger partial charge on any atom is -0.367 e. The minimum absolute atomic E-state index is 0.238. The molecule has 9 heteroatoms. The molecule has 0 spiro atoms. The first-order valence-electron chi connectivity index (χ1n) is 10.7. The molecule has 166 valence electrons. The number of nitrogens with one attached hydrogen (secondary N) is 2. The highest BCUT2D eigenvalue weighted by molar-refractivity contribution is 7.19. The van der Waals surface area contributed by atoms with Crippen LogP contribution in [-0.2, 0) is 0 Å². The molecule has 0 aliphatic carbocycles. The lowest BCUT2D eigenvalue weighted by Gasteiger charge is -2.37. The Morgan fingerprint density at radius 2 is 1.94 bits per heavy atom. The third-order valence-electron chi connectivity index (χ3n) is 5.66. The van der Waals surface area contributed by atoms with E-state index in [9.17, 15) is 9.18 Å². The fraction of sp³-hybridized carbons (Fsp3) is 0.348. The molecule has 1 fully saturated rings. The molecule has 0 radical (unpaired) electrons. The van der Waals surface area contributed by atoms with Crippen molar-refractivity contribution >= 4 is 44.5 Å². The van der Waals surface area contributed by atoms with Gasteiger partial charge in [-0.15, -0.1) is 11.3 Å². The summed E-state index contributed by atoms with van der Waals surface area (Å²) in [5.74, 6) is -0.799. The highest BCUT2D eigenvalue weighted by atomic mass is 32.1. The van der Waals surface area contributed by atoms with E-state index in [0.717, 1.165) is 28.5 Å². The quantitative estimate of drug-likeness (QED) is 0.489. The fourth-order valence-electron chi connectivity index (χ4n) is 4.50. The van der Waals surface area contributed by atoms with Gasteiger partial charge in [0.2, 0.25) is 0 Å². The number of piperazine rings is 1. The van der Waals surface area contributed by atoms with Gasteiger partial charge in [0, 0.05) is 43.6 Å². The second kappa shape index (κ2) is 7.83. The maximum Gasteiger partial charge on any atom is 0.257 e. The van der Waals surface area contributed by atoms with Gasteiger partial charge in [0.25, 0.3) is 5.91 Å². The average molecular weight is 453 g/mol. The number of rotatable bonds is 3. The van der Waals surface area contributed by atoms with Gasteiger partial charge in [-0.2, -0.15) is 0 Å². The summed E-state index contributed by atoms with van der Waals surface area (Å²) in [5, 5.41) is 7.28. The van der Waals surface area contributed by atoms with Crippen molar-refractivity contribution in [2.45, 2.75) is 39.8 Å². The summed E-state index contributed by atoms with van der Waals surface area (Å²) in [5.41, 5.74) is 3.57. The van der Waals surface area contributed by atoms with E-state index in [1.165, 1.54) is 6.07 Å². The van der Waals surface area contributed by atoms with Crippen LogP contribution < -0.4 is 15.5 Å². The number of fused-ring (bicyclic) bond motifs is 2. The first kappa shape index (κ1) is 20.8. The second-order valence-electron chi connectivity index (χ2n) is 8.56. The van der Waals surface area contributed by atoms with Gasteiger partial charge in [-0.3, -0.25) is 4.79 Å². The van der Waals surface area contributed by atoms with Crippen molar-refractivity contribution in [3.05, 3.63) is 52.7 Å². The predicted molar refractivity (Wildman–Crippen MR) is 126 cm³/mol. The van der Waals surface area contributed by atoms with Gasteiger partial charge in [-0.1, -0.05) is 0 Å². The van der Waals surface area contributed by atoms with Crippen LogP contribution >= 0.6 is 11.3 Å². The molecule has 3 aromatic heterocycles. The van der Waals surface area contributed by atoms with Crippen molar-refractivity contribution in [3.8, 4) is 0 Å². The lowest BCUT2D eigenvalue weighted by molar-refractivity contribution is 0.102. The number of hydrogen-bond donors (Lipinski definition) is 2. The highest BCUT2D eigenvalue weighted by Crippen LogP contribution is 2.35. The number of carbonyl (C=O) groups is 1. The number of hydrogen-bond acceptors (Lipinski definition) is 6. The van der Waals surface area contributed by atoms with Crippen molar-refractivity contribution < 1.29 is 9.18 Å². The molecule has 0 unspecified atom stereocenters. The molecule has 32 heavy (non-hydrogen) atoms. The summed E-state index contributed by atoms with van der Waals surface area (Å²) in [4.78, 5) is 24.3. The Hall–Kier alpha value is -3.04. The number of halogens is 1. The van der Waals surface area contributed by atoms with Crippen molar-refractivity contribution in [3.63, 3.8) is 0 Å². The van der Waals surface area contributed by atoms with Crippen LogP contribution in [-0.4, -0.2) is 45.4 Å². The van der Waals surface area contributed by atoms with Crippen molar-refractivity contribution in [1.82, 2.24) is 19.7 Å². The summed E-state index contributed by atoms with van der Waals surface area (Å²) in [6.07, 6.45) is 3.39. The van der Waals surface area contributed by atoms with Gasteiger partial charge in [-0.25, -0.2) is 14.4 Å². The van der Waals surface area contributed by atoms with Crippen LogP contribution in [0.3, 0.4) is 0 Å².